The lowest BCUT2D eigenvalue weighted by molar-refractivity contribution is -0.384. The minimum atomic E-state index is -3.77. The quantitative estimate of drug-likeness (QED) is 0.438. The van der Waals surface area contributed by atoms with Crippen LogP contribution in [0.15, 0.2) is 47.4 Å². The summed E-state index contributed by atoms with van der Waals surface area (Å²) in [5.41, 5.74) is 1.34. The van der Waals surface area contributed by atoms with Crippen LogP contribution in [0, 0.1) is 10.1 Å². The highest BCUT2D eigenvalue weighted by atomic mass is 32.2. The van der Waals surface area contributed by atoms with Crippen LogP contribution in [0.4, 0.5) is 17.1 Å². The summed E-state index contributed by atoms with van der Waals surface area (Å²) in [6.07, 6.45) is 0.822. The van der Waals surface area contributed by atoms with E-state index >= 15 is 0 Å². The van der Waals surface area contributed by atoms with E-state index in [2.05, 4.69) is 4.90 Å². The van der Waals surface area contributed by atoms with Crippen molar-refractivity contribution in [1.29, 1.82) is 0 Å². The molecule has 0 radical (unpaired) electrons. The summed E-state index contributed by atoms with van der Waals surface area (Å²) in [6, 6.07) is 12.1. The molecule has 3 rings (SSSR count). The van der Waals surface area contributed by atoms with Crippen LogP contribution in [-0.2, 0) is 10.0 Å². The van der Waals surface area contributed by atoms with Gasteiger partial charge in [-0.2, -0.15) is 4.31 Å². The summed E-state index contributed by atoms with van der Waals surface area (Å²) >= 11 is 0. The van der Waals surface area contributed by atoms with Crippen molar-refractivity contribution in [3.63, 3.8) is 0 Å². The van der Waals surface area contributed by atoms with Crippen LogP contribution in [0.2, 0.25) is 0 Å². The fraction of sp³-hybridized carbons (Fsp3) is 0.455. The van der Waals surface area contributed by atoms with E-state index in [1.807, 2.05) is 29.2 Å². The molecule has 0 amide bonds. The highest BCUT2D eigenvalue weighted by Gasteiger charge is 2.28. The Kier molecular flexibility index (Phi) is 7.57. The maximum absolute atomic E-state index is 12.8. The van der Waals surface area contributed by atoms with Crippen molar-refractivity contribution < 1.29 is 18.1 Å². The van der Waals surface area contributed by atoms with Crippen LogP contribution in [0.1, 0.15) is 20.3 Å². The molecule has 1 fully saturated rings. The molecule has 0 aliphatic carbocycles. The summed E-state index contributed by atoms with van der Waals surface area (Å²) < 4.78 is 32.2. The highest BCUT2D eigenvalue weighted by Crippen LogP contribution is 2.33. The molecular weight excluding hydrogens is 432 g/mol. The zero-order chi connectivity index (χ0) is 23.3. The number of rotatable bonds is 8. The van der Waals surface area contributed by atoms with Gasteiger partial charge in [0.2, 0.25) is 10.0 Å². The first-order chi connectivity index (χ1) is 15.3. The van der Waals surface area contributed by atoms with E-state index < -0.39 is 14.9 Å². The fourth-order valence-electron chi connectivity index (χ4n) is 4.00. The highest BCUT2D eigenvalue weighted by molar-refractivity contribution is 7.89. The number of hydrogen-bond donors (Lipinski definition) is 0. The minimum Gasteiger partial charge on any atom is -0.497 e. The van der Waals surface area contributed by atoms with Crippen molar-refractivity contribution in [3.05, 3.63) is 52.6 Å². The van der Waals surface area contributed by atoms with Gasteiger partial charge >= 0.3 is 0 Å². The first kappa shape index (κ1) is 23.8. The molecule has 0 unspecified atom stereocenters. The molecule has 1 aliphatic rings. The molecule has 1 aliphatic heterocycles. The van der Waals surface area contributed by atoms with Crippen molar-refractivity contribution >= 4 is 27.1 Å². The predicted octanol–water partition coefficient (Wildman–Crippen LogP) is 3.35. The van der Waals surface area contributed by atoms with E-state index in [0.717, 1.165) is 24.4 Å². The largest absolute Gasteiger partial charge is 0.497 e. The third-order valence-electron chi connectivity index (χ3n) is 5.76. The summed E-state index contributed by atoms with van der Waals surface area (Å²) in [4.78, 5) is 15.5. The van der Waals surface area contributed by atoms with Crippen molar-refractivity contribution in [2.75, 3.05) is 56.2 Å². The molecule has 0 spiro atoms. The third-order valence-corrected chi connectivity index (χ3v) is 7.81. The summed E-state index contributed by atoms with van der Waals surface area (Å²) in [6.45, 7) is 6.87. The maximum Gasteiger partial charge on any atom is 0.293 e. The van der Waals surface area contributed by atoms with Gasteiger partial charge in [-0.3, -0.25) is 10.1 Å². The molecule has 1 heterocycles. The predicted molar refractivity (Wildman–Crippen MR) is 125 cm³/mol. The standard InChI is InChI=1S/C22H30N4O5S/c1-4-25(5-2)32(29,30)20-11-12-21(22(17-20)26(27)28)24-14-6-13-23(15-16-24)18-7-9-19(31-3)10-8-18/h7-12,17H,4-6,13-16H2,1-3H3. The maximum atomic E-state index is 12.8. The second-order valence-corrected chi connectivity index (χ2v) is 9.46. The average molecular weight is 463 g/mol. The molecule has 2 aromatic carbocycles. The number of hydrogen-bond acceptors (Lipinski definition) is 7. The lowest BCUT2D eigenvalue weighted by Gasteiger charge is -2.25. The van der Waals surface area contributed by atoms with Gasteiger partial charge in [0.1, 0.15) is 11.4 Å². The number of sulfonamides is 1. The number of methoxy groups -OCH3 is 1. The van der Waals surface area contributed by atoms with E-state index in [1.165, 1.54) is 16.4 Å². The number of nitrogens with zero attached hydrogens (tertiary/aromatic N) is 4. The van der Waals surface area contributed by atoms with E-state index in [0.29, 0.717) is 38.4 Å². The van der Waals surface area contributed by atoms with Gasteiger partial charge in [0.25, 0.3) is 5.69 Å². The van der Waals surface area contributed by atoms with Crippen molar-refractivity contribution in [3.8, 4) is 5.75 Å². The number of ether oxygens (including phenoxy) is 1. The monoisotopic (exact) mass is 462 g/mol. The first-order valence-electron chi connectivity index (χ1n) is 10.7. The molecule has 2 aromatic rings. The van der Waals surface area contributed by atoms with Gasteiger partial charge in [-0.25, -0.2) is 8.42 Å². The third kappa shape index (κ3) is 4.97. The van der Waals surface area contributed by atoms with Gasteiger partial charge in [0.15, 0.2) is 0 Å². The van der Waals surface area contributed by atoms with Crippen LogP contribution in [0.25, 0.3) is 0 Å². The molecule has 0 N–H and O–H groups in total. The lowest BCUT2D eigenvalue weighted by Crippen LogP contribution is -2.32. The number of benzene rings is 2. The van der Waals surface area contributed by atoms with Crippen LogP contribution < -0.4 is 14.5 Å². The molecule has 32 heavy (non-hydrogen) atoms. The van der Waals surface area contributed by atoms with E-state index in [-0.39, 0.29) is 10.6 Å². The van der Waals surface area contributed by atoms with Crippen molar-refractivity contribution in [2.24, 2.45) is 0 Å². The Morgan fingerprint density at radius 1 is 1.00 bits per heavy atom. The summed E-state index contributed by atoms with van der Waals surface area (Å²) in [5, 5.41) is 11.8. The molecule has 9 nitrogen and oxygen atoms in total. The Morgan fingerprint density at radius 2 is 1.62 bits per heavy atom. The Hall–Kier alpha value is -2.85. The molecule has 0 atom stereocenters. The van der Waals surface area contributed by atoms with Crippen LogP contribution in [0.5, 0.6) is 5.75 Å². The van der Waals surface area contributed by atoms with Gasteiger partial charge in [-0.05, 0) is 42.8 Å². The smallest absolute Gasteiger partial charge is 0.293 e. The van der Waals surface area contributed by atoms with Gasteiger partial charge in [-0.15, -0.1) is 0 Å². The number of nitro groups is 1. The molecule has 0 aromatic heterocycles. The first-order valence-corrected chi connectivity index (χ1v) is 12.2. The van der Waals surface area contributed by atoms with E-state index in [1.54, 1.807) is 27.0 Å². The zero-order valence-electron chi connectivity index (χ0n) is 18.7. The summed E-state index contributed by atoms with van der Waals surface area (Å²) in [5.74, 6) is 0.792. The average Bonchev–Trinajstić information content (AvgIpc) is 3.05. The molecule has 0 bridgehead atoms. The molecule has 10 heteroatoms. The second-order valence-electron chi connectivity index (χ2n) is 7.52. The fourth-order valence-corrected chi connectivity index (χ4v) is 5.48. The van der Waals surface area contributed by atoms with Gasteiger partial charge < -0.3 is 14.5 Å². The number of nitro benzene ring substituents is 1. The van der Waals surface area contributed by atoms with Gasteiger partial charge in [0, 0.05) is 51.0 Å². The lowest BCUT2D eigenvalue weighted by atomic mass is 10.2. The molecular formula is C22H30N4O5S. The number of anilines is 2. The molecule has 0 saturated carbocycles. The second kappa shape index (κ2) is 10.2. The Labute approximate surface area is 189 Å². The van der Waals surface area contributed by atoms with Crippen LogP contribution in [-0.4, -0.2) is 64.0 Å². The SMILES string of the molecule is CCN(CC)S(=O)(=O)c1ccc(N2CCCN(c3ccc(OC)cc3)CC2)c([N+](=O)[O-])c1. The molecule has 174 valence electrons. The Morgan fingerprint density at radius 3 is 2.22 bits per heavy atom. The minimum absolute atomic E-state index is 0.0497. The Balaban J connectivity index is 1.85. The topological polar surface area (TPSA) is 96.2 Å². The van der Waals surface area contributed by atoms with Gasteiger partial charge in [-0.1, -0.05) is 13.8 Å². The van der Waals surface area contributed by atoms with Crippen molar-refractivity contribution in [1.82, 2.24) is 4.31 Å². The normalized spacial score (nSPS) is 15.0. The molecule has 1 saturated heterocycles. The Bertz CT molecular complexity index is 1040. The summed E-state index contributed by atoms with van der Waals surface area (Å²) in [7, 11) is -2.14. The van der Waals surface area contributed by atoms with E-state index in [4.69, 9.17) is 4.74 Å². The van der Waals surface area contributed by atoms with Crippen LogP contribution >= 0.6 is 0 Å². The van der Waals surface area contributed by atoms with Gasteiger partial charge in [0.05, 0.1) is 16.9 Å². The van der Waals surface area contributed by atoms with E-state index in [9.17, 15) is 18.5 Å². The zero-order valence-corrected chi connectivity index (χ0v) is 19.5. The van der Waals surface area contributed by atoms with Crippen molar-refractivity contribution in [2.45, 2.75) is 25.2 Å². The van der Waals surface area contributed by atoms with Crippen LogP contribution in [0.3, 0.4) is 0 Å².